The van der Waals surface area contributed by atoms with E-state index in [1.165, 1.54) is 6.26 Å². The molecule has 0 aliphatic carbocycles. The van der Waals surface area contributed by atoms with Crippen molar-refractivity contribution in [1.82, 2.24) is 9.97 Å². The first-order valence-corrected chi connectivity index (χ1v) is 9.04. The van der Waals surface area contributed by atoms with Crippen LogP contribution in [0.25, 0.3) is 11.3 Å². The maximum atomic E-state index is 5.73. The molecule has 142 valence electrons. The van der Waals surface area contributed by atoms with Crippen LogP contribution in [-0.2, 0) is 11.3 Å². The third-order valence-corrected chi connectivity index (χ3v) is 3.93. The van der Waals surface area contributed by atoms with Gasteiger partial charge in [-0.15, -0.1) is 6.58 Å². The first-order chi connectivity index (χ1) is 13.8. The number of nitrogens with zero attached hydrogens (tertiary/aromatic N) is 2. The molecule has 0 radical (unpaired) electrons. The lowest BCUT2D eigenvalue weighted by Gasteiger charge is -2.09. The minimum Gasteiger partial charge on any atom is -0.497 e. The van der Waals surface area contributed by atoms with E-state index in [2.05, 4.69) is 28.4 Å². The Balaban J connectivity index is 1.75. The molecule has 0 fully saturated rings. The van der Waals surface area contributed by atoms with Gasteiger partial charge in [-0.1, -0.05) is 36.9 Å². The number of ether oxygens (including phenoxy) is 2. The van der Waals surface area contributed by atoms with Crippen LogP contribution in [0, 0.1) is 0 Å². The highest BCUT2D eigenvalue weighted by atomic mass is 16.5. The van der Waals surface area contributed by atoms with E-state index in [-0.39, 0.29) is 0 Å². The number of rotatable bonds is 10. The molecule has 1 aromatic heterocycles. The molecule has 28 heavy (non-hydrogen) atoms. The minimum atomic E-state index is 0.471. The fourth-order valence-corrected chi connectivity index (χ4v) is 2.61. The van der Waals surface area contributed by atoms with Gasteiger partial charge >= 0.3 is 0 Å². The largest absolute Gasteiger partial charge is 0.497 e. The van der Waals surface area contributed by atoms with Crippen molar-refractivity contribution in [1.29, 1.82) is 0 Å². The summed E-state index contributed by atoms with van der Waals surface area (Å²) in [5, 5.41) is 3.24. The van der Waals surface area contributed by atoms with E-state index in [1.54, 1.807) is 6.20 Å². The molecule has 0 spiro atoms. The molecule has 0 bridgehead atoms. The van der Waals surface area contributed by atoms with Crippen molar-refractivity contribution in [3.63, 3.8) is 0 Å². The van der Waals surface area contributed by atoms with E-state index < -0.39 is 0 Å². The van der Waals surface area contributed by atoms with Crippen molar-refractivity contribution >= 4 is 11.6 Å². The zero-order chi connectivity index (χ0) is 19.6. The number of aromatic nitrogens is 2. The summed E-state index contributed by atoms with van der Waals surface area (Å²) in [6.45, 7) is 8.34. The summed E-state index contributed by atoms with van der Waals surface area (Å²) >= 11 is 0. The second-order valence-electron chi connectivity index (χ2n) is 6.02. The van der Waals surface area contributed by atoms with Crippen LogP contribution in [0.15, 0.2) is 86.3 Å². The highest BCUT2D eigenvalue weighted by Gasteiger charge is 2.05. The Bertz CT molecular complexity index is 940. The van der Waals surface area contributed by atoms with E-state index in [9.17, 15) is 0 Å². The van der Waals surface area contributed by atoms with Crippen LogP contribution in [0.1, 0.15) is 12.0 Å². The average molecular weight is 373 g/mol. The fourth-order valence-electron chi connectivity index (χ4n) is 2.61. The van der Waals surface area contributed by atoms with E-state index in [4.69, 9.17) is 9.47 Å². The fraction of sp³-hybridized carbons (Fsp3) is 0.130. The molecule has 0 aliphatic rings. The third kappa shape index (κ3) is 5.45. The summed E-state index contributed by atoms with van der Waals surface area (Å²) in [4.78, 5) is 8.95. The van der Waals surface area contributed by atoms with Gasteiger partial charge in [-0.3, -0.25) is 0 Å². The Labute approximate surface area is 165 Å². The average Bonchev–Trinajstić information content (AvgIpc) is 2.73. The zero-order valence-electron chi connectivity index (χ0n) is 15.7. The first kappa shape index (κ1) is 19.2. The quantitative estimate of drug-likeness (QED) is 0.289. The van der Waals surface area contributed by atoms with Gasteiger partial charge in [0, 0.05) is 17.4 Å². The molecule has 5 nitrogen and oxygen atoms in total. The second-order valence-corrected chi connectivity index (χ2v) is 6.02. The van der Waals surface area contributed by atoms with Crippen molar-refractivity contribution in [2.45, 2.75) is 13.0 Å². The Morgan fingerprint density at radius 3 is 2.79 bits per heavy atom. The van der Waals surface area contributed by atoms with Crippen molar-refractivity contribution in [2.75, 3.05) is 11.9 Å². The van der Waals surface area contributed by atoms with Crippen LogP contribution in [0.3, 0.4) is 0 Å². The lowest BCUT2D eigenvalue weighted by molar-refractivity contribution is 0.238. The Morgan fingerprint density at radius 1 is 1.04 bits per heavy atom. The van der Waals surface area contributed by atoms with Crippen LogP contribution in [-0.4, -0.2) is 16.6 Å². The third-order valence-electron chi connectivity index (χ3n) is 3.93. The number of anilines is 2. The van der Waals surface area contributed by atoms with E-state index in [0.29, 0.717) is 19.2 Å². The highest BCUT2D eigenvalue weighted by molar-refractivity contribution is 5.63. The van der Waals surface area contributed by atoms with Crippen LogP contribution in [0.2, 0.25) is 0 Å². The molecule has 1 N–H and O–H groups in total. The molecule has 3 aromatic rings. The van der Waals surface area contributed by atoms with E-state index in [1.807, 2.05) is 60.7 Å². The molecule has 0 saturated heterocycles. The van der Waals surface area contributed by atoms with Gasteiger partial charge in [0.05, 0.1) is 18.6 Å². The van der Waals surface area contributed by atoms with Gasteiger partial charge in [-0.2, -0.15) is 0 Å². The summed E-state index contributed by atoms with van der Waals surface area (Å²) in [5.74, 6) is 1.33. The SMILES string of the molecule is C=CCCOc1cccc(-c2ccnc(Nc3cccc(COC=C)c3)n2)c1. The van der Waals surface area contributed by atoms with Crippen molar-refractivity contribution in [2.24, 2.45) is 0 Å². The summed E-state index contributed by atoms with van der Waals surface area (Å²) in [5.41, 5.74) is 3.71. The summed E-state index contributed by atoms with van der Waals surface area (Å²) in [6.07, 6.45) is 5.82. The monoisotopic (exact) mass is 373 g/mol. The lowest BCUT2D eigenvalue weighted by Crippen LogP contribution is -1.99. The summed E-state index contributed by atoms with van der Waals surface area (Å²) in [7, 11) is 0. The predicted octanol–water partition coefficient (Wildman–Crippen LogP) is 5.50. The predicted molar refractivity (Wildman–Crippen MR) is 112 cm³/mol. The molecule has 0 amide bonds. The van der Waals surface area contributed by atoms with Gasteiger partial charge in [0.25, 0.3) is 0 Å². The number of nitrogens with one attached hydrogen (secondary N) is 1. The van der Waals surface area contributed by atoms with Crippen LogP contribution in [0.4, 0.5) is 11.6 Å². The van der Waals surface area contributed by atoms with Crippen molar-refractivity contribution in [3.8, 4) is 17.0 Å². The van der Waals surface area contributed by atoms with Crippen molar-refractivity contribution in [3.05, 3.63) is 91.9 Å². The van der Waals surface area contributed by atoms with Gasteiger partial charge in [0.2, 0.25) is 5.95 Å². The number of benzene rings is 2. The van der Waals surface area contributed by atoms with E-state index in [0.717, 1.165) is 34.7 Å². The van der Waals surface area contributed by atoms with Crippen LogP contribution >= 0.6 is 0 Å². The highest BCUT2D eigenvalue weighted by Crippen LogP contribution is 2.24. The maximum absolute atomic E-state index is 5.73. The van der Waals surface area contributed by atoms with Crippen molar-refractivity contribution < 1.29 is 9.47 Å². The van der Waals surface area contributed by atoms with Gasteiger partial charge in [-0.05, 0) is 42.3 Å². The molecular weight excluding hydrogens is 350 g/mol. The van der Waals surface area contributed by atoms with Gasteiger partial charge in [-0.25, -0.2) is 9.97 Å². The number of hydrogen-bond donors (Lipinski definition) is 1. The first-order valence-electron chi connectivity index (χ1n) is 9.04. The van der Waals surface area contributed by atoms with E-state index >= 15 is 0 Å². The van der Waals surface area contributed by atoms with Crippen LogP contribution in [0.5, 0.6) is 5.75 Å². The molecular formula is C23H23N3O2. The summed E-state index contributed by atoms with van der Waals surface area (Å²) in [6, 6.07) is 17.6. The van der Waals surface area contributed by atoms with Crippen LogP contribution < -0.4 is 10.1 Å². The smallest absolute Gasteiger partial charge is 0.227 e. The minimum absolute atomic E-state index is 0.471. The van der Waals surface area contributed by atoms with Gasteiger partial charge in [0.1, 0.15) is 12.4 Å². The Morgan fingerprint density at radius 2 is 1.93 bits per heavy atom. The lowest BCUT2D eigenvalue weighted by atomic mass is 10.1. The maximum Gasteiger partial charge on any atom is 0.227 e. The molecule has 2 aromatic carbocycles. The Hall–Kier alpha value is -3.60. The standard InChI is InChI=1S/C23H23N3O2/c1-3-5-14-28-21-11-7-9-19(16-21)22-12-13-24-23(26-22)25-20-10-6-8-18(15-20)17-27-4-2/h3-4,6-13,15-16H,1-2,5,14,17H2,(H,24,25,26). The molecule has 5 heteroatoms. The Kier molecular flexibility index (Phi) is 6.79. The normalized spacial score (nSPS) is 10.1. The van der Waals surface area contributed by atoms with Gasteiger partial charge < -0.3 is 14.8 Å². The molecule has 1 heterocycles. The molecule has 0 aliphatic heterocycles. The topological polar surface area (TPSA) is 56.3 Å². The number of hydrogen-bond acceptors (Lipinski definition) is 5. The molecule has 3 rings (SSSR count). The molecule has 0 unspecified atom stereocenters. The molecule has 0 saturated carbocycles. The van der Waals surface area contributed by atoms with Gasteiger partial charge in [0.15, 0.2) is 0 Å². The second kappa shape index (κ2) is 9.92. The molecule has 0 atom stereocenters. The zero-order valence-corrected chi connectivity index (χ0v) is 15.7. The summed E-state index contributed by atoms with van der Waals surface area (Å²) < 4.78 is 11.0.